The number of aromatic nitrogens is 3. The van der Waals surface area contributed by atoms with Gasteiger partial charge in [-0.3, -0.25) is 14.5 Å². The van der Waals surface area contributed by atoms with Crippen LogP contribution in [0.1, 0.15) is 5.82 Å². The minimum Gasteiger partial charge on any atom is -0.543 e. The van der Waals surface area contributed by atoms with Crippen LogP contribution in [0.5, 0.6) is 0 Å². The van der Waals surface area contributed by atoms with E-state index < -0.39 is 29.2 Å². The smallest absolute Gasteiger partial charge is 0.278 e. The molecule has 2 aromatic rings. The molecule has 7 N–H and O–H groups in total. The van der Waals surface area contributed by atoms with Crippen LogP contribution >= 0.6 is 35.7 Å². The van der Waals surface area contributed by atoms with Crippen LogP contribution in [0.15, 0.2) is 59.7 Å². The maximum Gasteiger partial charge on any atom is 0.278 e. The van der Waals surface area contributed by atoms with Gasteiger partial charge in [0.2, 0.25) is 11.5 Å². The summed E-state index contributed by atoms with van der Waals surface area (Å²) in [6.45, 7) is 3.83. The van der Waals surface area contributed by atoms with Crippen molar-refractivity contribution in [1.82, 2.24) is 19.6 Å². The van der Waals surface area contributed by atoms with Crippen molar-refractivity contribution in [2.24, 2.45) is 5.16 Å². The number of fused-ring (bicyclic) bond motifs is 1. The van der Waals surface area contributed by atoms with E-state index in [4.69, 9.17) is 10.6 Å². The zero-order chi connectivity index (χ0) is 24.2. The first-order chi connectivity index (χ1) is 16.4. The first kappa shape index (κ1) is 31.5. The number of carbonyl (C=O) groups excluding carboxylic acids is 3. The second kappa shape index (κ2) is 13.7. The first-order valence-corrected chi connectivity index (χ1v) is 11.8. The number of pyridine rings is 1. The van der Waals surface area contributed by atoms with Gasteiger partial charge in [-0.15, -0.1) is 24.2 Å². The number of nitrogens with zero attached hydrogens (tertiary/aromatic N) is 5. The standard InChI is InChI=1S/C20H19N7O5S2.ClH.2H2O/c1-2-8-32-24-12(15-23-20(21)34-25-15)16(28)22-13-17(29)27-14(19(30)31)11(10-33-18(13)27)9-26-6-4-3-5-7-26;;;/h2-7,13,18H,1,8-10H2,(H3-,21,22,23,25,28,30,31);1H;2*1H2/t13?,18-;;;/m1.../s1. The number of carboxylic acid groups (broad SMARTS) is 1. The van der Waals surface area contributed by atoms with Crippen molar-refractivity contribution in [2.45, 2.75) is 18.0 Å². The van der Waals surface area contributed by atoms with Gasteiger partial charge < -0.3 is 36.7 Å². The SMILES string of the molecule is C=CCON=C(C(=O)NC1C(=O)N2C(C(=O)[O-])=C(C[n+]3ccccc3)CS[C@H]12)c1nsc(N)n1.Cl.O.O. The van der Waals surface area contributed by atoms with Crippen molar-refractivity contribution in [3.8, 4) is 0 Å². The molecule has 14 nitrogen and oxygen atoms in total. The summed E-state index contributed by atoms with van der Waals surface area (Å²) < 4.78 is 5.77. The normalized spacial score (nSPS) is 18.2. The summed E-state index contributed by atoms with van der Waals surface area (Å²) in [6.07, 6.45) is 5.03. The Hall–Kier alpha value is -3.57. The van der Waals surface area contributed by atoms with Crippen molar-refractivity contribution in [3.05, 3.63) is 60.3 Å². The van der Waals surface area contributed by atoms with Gasteiger partial charge in [-0.2, -0.15) is 9.36 Å². The fourth-order valence-electron chi connectivity index (χ4n) is 3.43. The van der Waals surface area contributed by atoms with Crippen LogP contribution in [0.2, 0.25) is 0 Å². The summed E-state index contributed by atoms with van der Waals surface area (Å²) in [7, 11) is 0. The van der Waals surface area contributed by atoms with E-state index in [0.717, 1.165) is 16.4 Å². The fraction of sp³-hybridized carbons (Fsp3) is 0.250. The van der Waals surface area contributed by atoms with Gasteiger partial charge in [0.25, 0.3) is 11.8 Å². The Morgan fingerprint density at radius 1 is 1.35 bits per heavy atom. The predicted molar refractivity (Wildman–Crippen MR) is 135 cm³/mol. The van der Waals surface area contributed by atoms with E-state index in [0.29, 0.717) is 17.9 Å². The third kappa shape index (κ3) is 6.60. The molecule has 0 aromatic carbocycles. The molecule has 4 heterocycles. The van der Waals surface area contributed by atoms with Gasteiger partial charge in [0.05, 0.1) is 11.7 Å². The maximum atomic E-state index is 12.9. The second-order valence-corrected chi connectivity index (χ2v) is 9.02. The first-order valence-electron chi connectivity index (χ1n) is 9.94. The highest BCUT2D eigenvalue weighted by molar-refractivity contribution is 8.00. The highest BCUT2D eigenvalue weighted by Gasteiger charge is 2.53. The van der Waals surface area contributed by atoms with Crippen LogP contribution in [-0.2, 0) is 25.8 Å². The zero-order valence-corrected chi connectivity index (χ0v) is 21.5. The van der Waals surface area contributed by atoms with E-state index in [2.05, 4.69) is 26.4 Å². The van der Waals surface area contributed by atoms with Gasteiger partial charge in [-0.1, -0.05) is 23.9 Å². The quantitative estimate of drug-likeness (QED) is 0.0785. The fourth-order valence-corrected chi connectivity index (χ4v) is 5.20. The molecule has 2 atom stereocenters. The number of nitrogen functional groups attached to an aromatic ring is 1. The van der Waals surface area contributed by atoms with Crippen molar-refractivity contribution in [3.63, 3.8) is 0 Å². The van der Waals surface area contributed by atoms with Crippen molar-refractivity contribution in [1.29, 1.82) is 0 Å². The molecule has 0 bridgehead atoms. The van der Waals surface area contributed by atoms with Gasteiger partial charge in [0, 0.05) is 35.0 Å². The molecule has 1 unspecified atom stereocenters. The largest absolute Gasteiger partial charge is 0.543 e. The van der Waals surface area contributed by atoms with Gasteiger partial charge in [0.1, 0.15) is 18.0 Å². The molecule has 1 saturated heterocycles. The van der Waals surface area contributed by atoms with Crippen LogP contribution in [0, 0.1) is 0 Å². The number of anilines is 1. The van der Waals surface area contributed by atoms with Crippen LogP contribution in [0.3, 0.4) is 0 Å². The lowest BCUT2D eigenvalue weighted by atomic mass is 10.0. The van der Waals surface area contributed by atoms with Crippen LogP contribution < -0.4 is 20.7 Å². The number of amides is 2. The average molecular weight is 574 g/mol. The van der Waals surface area contributed by atoms with Crippen molar-refractivity contribution in [2.75, 3.05) is 18.1 Å². The molecule has 2 aromatic heterocycles. The number of β-lactam (4-membered cyclic amide) rings is 1. The lowest BCUT2D eigenvalue weighted by molar-refractivity contribution is -0.689. The summed E-state index contributed by atoms with van der Waals surface area (Å²) in [5.41, 5.74) is 5.70. The van der Waals surface area contributed by atoms with Crippen LogP contribution in [0.25, 0.3) is 0 Å². The van der Waals surface area contributed by atoms with E-state index in [1.165, 1.54) is 17.8 Å². The molecule has 4 rings (SSSR count). The Labute approximate surface area is 225 Å². The number of carbonyl (C=O) groups is 3. The van der Waals surface area contributed by atoms with Crippen molar-refractivity contribution < 1.29 is 39.8 Å². The van der Waals surface area contributed by atoms with E-state index in [1.54, 1.807) is 17.0 Å². The van der Waals surface area contributed by atoms with Gasteiger partial charge >= 0.3 is 0 Å². The molecular formula is C20H24ClN7O7S2. The molecule has 37 heavy (non-hydrogen) atoms. The summed E-state index contributed by atoms with van der Waals surface area (Å²) in [4.78, 5) is 47.8. The molecular weight excluding hydrogens is 550 g/mol. The molecule has 1 fully saturated rings. The van der Waals surface area contributed by atoms with Crippen molar-refractivity contribution >= 4 is 64.3 Å². The second-order valence-electron chi connectivity index (χ2n) is 7.13. The molecule has 200 valence electrons. The van der Waals surface area contributed by atoms with E-state index in [9.17, 15) is 19.5 Å². The zero-order valence-electron chi connectivity index (χ0n) is 19.0. The number of nitrogens with one attached hydrogen (secondary N) is 1. The van der Waals surface area contributed by atoms with E-state index >= 15 is 0 Å². The number of hydrogen-bond donors (Lipinski definition) is 2. The Kier molecular flexibility index (Phi) is 11.6. The third-order valence-corrected chi connectivity index (χ3v) is 6.78. The summed E-state index contributed by atoms with van der Waals surface area (Å²) in [5, 5.41) is 17.8. The molecule has 0 spiro atoms. The third-order valence-electron chi connectivity index (χ3n) is 4.89. The molecule has 0 saturated carbocycles. The lowest BCUT2D eigenvalue weighted by Crippen LogP contribution is -2.71. The minimum absolute atomic E-state index is 0. The highest BCUT2D eigenvalue weighted by atomic mass is 35.5. The number of halogens is 1. The lowest BCUT2D eigenvalue weighted by Gasteiger charge is -2.50. The maximum absolute atomic E-state index is 12.9. The minimum atomic E-state index is -1.45. The molecule has 2 aliphatic heterocycles. The van der Waals surface area contributed by atoms with Crippen LogP contribution in [-0.4, -0.2) is 72.5 Å². The number of thioether (sulfide) groups is 1. The molecule has 0 radical (unpaired) electrons. The summed E-state index contributed by atoms with van der Waals surface area (Å²) >= 11 is 2.21. The van der Waals surface area contributed by atoms with Gasteiger partial charge in [-0.25, -0.2) is 4.57 Å². The number of oxime groups is 1. The average Bonchev–Trinajstić information content (AvgIpc) is 3.26. The number of rotatable bonds is 9. The predicted octanol–water partition coefficient (Wildman–Crippen LogP) is -2.81. The Balaban J connectivity index is 0.00000228. The Bertz CT molecular complexity index is 1210. The molecule has 17 heteroatoms. The van der Waals surface area contributed by atoms with Crippen LogP contribution in [0.4, 0.5) is 5.13 Å². The van der Waals surface area contributed by atoms with Gasteiger partial charge in [-0.05, 0) is 0 Å². The Morgan fingerprint density at radius 2 is 2.05 bits per heavy atom. The molecule has 2 amide bonds. The van der Waals surface area contributed by atoms with E-state index in [1.807, 2.05) is 18.2 Å². The Morgan fingerprint density at radius 3 is 2.65 bits per heavy atom. The van der Waals surface area contributed by atoms with E-state index in [-0.39, 0.29) is 52.3 Å². The number of nitrogens with two attached hydrogens (primary N) is 1. The molecule has 2 aliphatic rings. The highest BCUT2D eigenvalue weighted by Crippen LogP contribution is 2.40. The number of carboxylic acids is 1. The molecule has 0 aliphatic carbocycles. The van der Waals surface area contributed by atoms with Gasteiger partial charge in [0.15, 0.2) is 24.1 Å². The topological polar surface area (TPSA) is 230 Å². The summed E-state index contributed by atoms with van der Waals surface area (Å²) in [6, 6.07) is 4.51. The summed E-state index contributed by atoms with van der Waals surface area (Å²) in [5.74, 6) is -2.49. The number of hydrogen-bond acceptors (Lipinski definition) is 11. The monoisotopic (exact) mass is 573 g/mol. The number of aliphatic carboxylic acids is 1.